The van der Waals surface area contributed by atoms with Gasteiger partial charge in [-0.1, -0.05) is 5.16 Å². The van der Waals surface area contributed by atoms with E-state index in [2.05, 4.69) is 10.5 Å². The fourth-order valence-electron chi connectivity index (χ4n) is 4.74. The van der Waals surface area contributed by atoms with E-state index >= 15 is 0 Å². The average molecular weight is 528 g/mol. The van der Waals surface area contributed by atoms with E-state index in [-0.39, 0.29) is 30.5 Å². The molecule has 37 heavy (non-hydrogen) atoms. The van der Waals surface area contributed by atoms with Crippen molar-refractivity contribution < 1.29 is 22.4 Å². The molecule has 1 aliphatic carbocycles. The Hall–Kier alpha value is -3.60. The minimum atomic E-state index is -3.63. The van der Waals surface area contributed by atoms with Gasteiger partial charge in [0.25, 0.3) is 0 Å². The second-order valence-electron chi connectivity index (χ2n) is 9.54. The van der Waals surface area contributed by atoms with Gasteiger partial charge in [0.2, 0.25) is 10.0 Å². The van der Waals surface area contributed by atoms with Crippen LogP contribution in [-0.4, -0.2) is 51.2 Å². The third kappa shape index (κ3) is 5.27. The predicted octanol–water partition coefficient (Wildman–Crippen LogP) is 4.15. The van der Waals surface area contributed by atoms with Gasteiger partial charge in [0.1, 0.15) is 28.8 Å². The molecule has 2 aliphatic rings. The molecule has 196 valence electrons. The smallest absolute Gasteiger partial charge is 0.232 e. The summed E-state index contributed by atoms with van der Waals surface area (Å²) in [5, 5.41) is 16.0. The average Bonchev–Trinajstić information content (AvgIpc) is 3.66. The van der Waals surface area contributed by atoms with E-state index < -0.39 is 10.0 Å². The van der Waals surface area contributed by atoms with Crippen molar-refractivity contribution in [1.82, 2.24) is 5.32 Å². The highest BCUT2D eigenvalue weighted by Gasteiger charge is 2.33. The minimum absolute atomic E-state index is 0.0479. The molecule has 0 atom stereocenters. The zero-order valence-corrected chi connectivity index (χ0v) is 21.4. The van der Waals surface area contributed by atoms with Crippen LogP contribution in [0.3, 0.4) is 0 Å². The summed E-state index contributed by atoms with van der Waals surface area (Å²) in [6.07, 6.45) is 4.69. The lowest BCUT2D eigenvalue weighted by molar-refractivity contribution is 0.316. The molecule has 0 amide bonds. The van der Waals surface area contributed by atoms with Crippen molar-refractivity contribution in [2.75, 3.05) is 30.2 Å². The Bertz CT molecular complexity index is 1480. The van der Waals surface area contributed by atoms with Crippen molar-refractivity contribution >= 4 is 38.4 Å². The number of rotatable bonds is 9. The van der Waals surface area contributed by atoms with E-state index in [4.69, 9.17) is 20.4 Å². The molecule has 1 fully saturated rings. The van der Waals surface area contributed by atoms with Gasteiger partial charge in [0.15, 0.2) is 0 Å². The number of amidine groups is 2. The summed E-state index contributed by atoms with van der Waals surface area (Å²) in [5.41, 5.74) is 9.13. The number of halogens is 1. The fourth-order valence-corrected chi connectivity index (χ4v) is 5.72. The van der Waals surface area contributed by atoms with Crippen molar-refractivity contribution in [1.29, 1.82) is 0 Å². The summed E-state index contributed by atoms with van der Waals surface area (Å²) in [4.78, 5) is 4.70. The molecular weight excluding hydrogens is 497 g/mol. The molecule has 11 heteroatoms. The molecule has 0 saturated heterocycles. The number of nitrogens with one attached hydrogen (secondary N) is 1. The molecule has 0 bridgehead atoms. The Morgan fingerprint density at radius 1 is 1.30 bits per heavy atom. The molecule has 1 saturated carbocycles. The number of oxime groups is 1. The van der Waals surface area contributed by atoms with E-state index in [0.717, 1.165) is 48.2 Å². The molecule has 0 unspecified atom stereocenters. The fraction of sp³-hybridized carbons (Fsp3) is 0.385. The Morgan fingerprint density at radius 2 is 2.05 bits per heavy atom. The number of aliphatic imine (C=N–C) groups is 1. The van der Waals surface area contributed by atoms with E-state index in [1.54, 1.807) is 18.2 Å². The summed E-state index contributed by atoms with van der Waals surface area (Å²) in [7, 11) is -3.63. The van der Waals surface area contributed by atoms with Gasteiger partial charge in [-0.25, -0.2) is 12.8 Å². The number of sulfonamides is 1. The number of hydrogen-bond donors (Lipinski definition) is 3. The van der Waals surface area contributed by atoms with Crippen molar-refractivity contribution in [3.8, 4) is 11.3 Å². The summed E-state index contributed by atoms with van der Waals surface area (Å²) in [6.45, 7) is 1.64. The quantitative estimate of drug-likeness (QED) is 0.166. The van der Waals surface area contributed by atoms with Gasteiger partial charge in [-0.15, -0.1) is 0 Å². The van der Waals surface area contributed by atoms with Crippen molar-refractivity contribution in [3.63, 3.8) is 0 Å². The molecule has 5 rings (SSSR count). The van der Waals surface area contributed by atoms with Gasteiger partial charge < -0.3 is 20.7 Å². The van der Waals surface area contributed by atoms with Crippen LogP contribution in [0.2, 0.25) is 0 Å². The zero-order chi connectivity index (χ0) is 26.2. The third-order valence-corrected chi connectivity index (χ3v) is 7.87. The monoisotopic (exact) mass is 527 g/mol. The zero-order valence-electron chi connectivity index (χ0n) is 20.6. The summed E-state index contributed by atoms with van der Waals surface area (Å²) >= 11 is 0. The first-order valence-electron chi connectivity index (χ1n) is 12.4. The van der Waals surface area contributed by atoms with E-state index in [1.165, 1.54) is 22.7 Å². The van der Waals surface area contributed by atoms with Crippen LogP contribution >= 0.6 is 0 Å². The normalized spacial score (nSPS) is 16.5. The van der Waals surface area contributed by atoms with Crippen LogP contribution in [0.5, 0.6) is 0 Å². The van der Waals surface area contributed by atoms with Crippen LogP contribution in [0.25, 0.3) is 22.3 Å². The maximum Gasteiger partial charge on any atom is 0.232 e. The van der Waals surface area contributed by atoms with Crippen molar-refractivity contribution in [3.05, 3.63) is 53.3 Å². The van der Waals surface area contributed by atoms with Crippen LogP contribution in [0.15, 0.2) is 51.0 Å². The number of fused-ring (bicyclic) bond motifs is 1. The van der Waals surface area contributed by atoms with Crippen LogP contribution < -0.4 is 15.4 Å². The van der Waals surface area contributed by atoms with Gasteiger partial charge in [-0.2, -0.15) is 0 Å². The number of nitrogens with zero attached hydrogens (tertiary/aromatic N) is 3. The van der Waals surface area contributed by atoms with E-state index in [1.807, 2.05) is 6.07 Å². The number of benzene rings is 2. The molecule has 2 heterocycles. The molecule has 1 aliphatic heterocycles. The standard InChI is InChI=1S/C26H30FN5O4S/c1-37(34,35)32(13-2-4-23(28)31-33)21-15-22-20(14-19(21)16-5-6-16)24(26-29-11-3-12-30-26)25(36-22)17-7-9-18(27)10-8-17/h7-10,14-16,33H,2-6,11-13H2,1H3,(H2,28,31)(H,29,30). The second kappa shape index (κ2) is 10.0. The van der Waals surface area contributed by atoms with Crippen LogP contribution in [0, 0.1) is 5.82 Å². The summed E-state index contributed by atoms with van der Waals surface area (Å²) in [6, 6.07) is 9.91. The highest BCUT2D eigenvalue weighted by Crippen LogP contribution is 2.48. The molecule has 9 nitrogen and oxygen atoms in total. The van der Waals surface area contributed by atoms with Gasteiger partial charge in [0.05, 0.1) is 17.5 Å². The number of hydrogen-bond acceptors (Lipinski definition) is 7. The maximum absolute atomic E-state index is 13.7. The van der Waals surface area contributed by atoms with Crippen LogP contribution in [0.1, 0.15) is 49.1 Å². The SMILES string of the molecule is CS(=O)(=O)N(CCC/C(N)=N/O)c1cc2oc(-c3ccc(F)cc3)c(C3=NCCCN3)c2cc1C1CC1. The van der Waals surface area contributed by atoms with Gasteiger partial charge >= 0.3 is 0 Å². The van der Waals surface area contributed by atoms with Crippen LogP contribution in [-0.2, 0) is 10.0 Å². The van der Waals surface area contributed by atoms with Gasteiger partial charge in [0, 0.05) is 43.1 Å². The van der Waals surface area contributed by atoms with Crippen molar-refractivity contribution in [2.24, 2.45) is 15.9 Å². The first-order chi connectivity index (χ1) is 17.8. The maximum atomic E-state index is 13.7. The summed E-state index contributed by atoms with van der Waals surface area (Å²) in [5.74, 6) is 1.22. The molecule has 0 spiro atoms. The topological polar surface area (TPSA) is 134 Å². The van der Waals surface area contributed by atoms with Crippen molar-refractivity contribution in [2.45, 2.75) is 38.0 Å². The Balaban J connectivity index is 1.68. The highest BCUT2D eigenvalue weighted by molar-refractivity contribution is 7.92. The Labute approximate surface area is 214 Å². The molecule has 1 aromatic heterocycles. The second-order valence-corrected chi connectivity index (χ2v) is 11.4. The first-order valence-corrected chi connectivity index (χ1v) is 14.2. The Morgan fingerprint density at radius 3 is 2.68 bits per heavy atom. The highest BCUT2D eigenvalue weighted by atomic mass is 32.2. The summed E-state index contributed by atoms with van der Waals surface area (Å²) < 4.78 is 47.2. The molecule has 3 aromatic rings. The van der Waals surface area contributed by atoms with Gasteiger partial charge in [-0.05, 0) is 67.5 Å². The lowest BCUT2D eigenvalue weighted by Crippen LogP contribution is -2.32. The molecular formula is C26H30FN5O4S. The van der Waals surface area contributed by atoms with Gasteiger partial charge in [-0.3, -0.25) is 9.30 Å². The van der Waals surface area contributed by atoms with E-state index in [0.29, 0.717) is 35.6 Å². The lowest BCUT2D eigenvalue weighted by Gasteiger charge is -2.25. The Kier molecular flexibility index (Phi) is 6.80. The molecule has 0 radical (unpaired) electrons. The minimum Gasteiger partial charge on any atom is -0.455 e. The number of furan rings is 1. The third-order valence-electron chi connectivity index (χ3n) is 6.69. The predicted molar refractivity (Wildman–Crippen MR) is 142 cm³/mol. The first kappa shape index (κ1) is 25.1. The largest absolute Gasteiger partial charge is 0.455 e. The van der Waals surface area contributed by atoms with Crippen LogP contribution in [0.4, 0.5) is 10.1 Å². The number of nitrogens with two attached hydrogens (primary N) is 1. The molecule has 4 N–H and O–H groups in total. The lowest BCUT2D eigenvalue weighted by atomic mass is 9.99. The molecule has 2 aromatic carbocycles. The van der Waals surface area contributed by atoms with E-state index in [9.17, 15) is 12.8 Å². The number of anilines is 1.